The van der Waals surface area contributed by atoms with Gasteiger partial charge in [-0.25, -0.2) is 5.43 Å². The van der Waals surface area contributed by atoms with Gasteiger partial charge in [-0.05, 0) is 47.7 Å². The van der Waals surface area contributed by atoms with Gasteiger partial charge in [-0.3, -0.25) is 14.5 Å². The molecule has 1 heterocycles. The van der Waals surface area contributed by atoms with Crippen molar-refractivity contribution < 1.29 is 14.7 Å². The smallest absolute Gasteiger partial charge is 0.275 e. The molecule has 8 heteroatoms. The molecule has 0 aromatic heterocycles. The molecule has 1 saturated heterocycles. The number of hydrogen-bond acceptors (Lipinski definition) is 6. The first-order valence-corrected chi connectivity index (χ1v) is 9.98. The van der Waals surface area contributed by atoms with Crippen molar-refractivity contribution in [1.29, 1.82) is 0 Å². The van der Waals surface area contributed by atoms with Gasteiger partial charge in [0, 0.05) is 26.3 Å². The zero-order chi connectivity index (χ0) is 21.7. The fraction of sp³-hybridized carbons (Fsp3) is 0.136. The summed E-state index contributed by atoms with van der Waals surface area (Å²) in [5, 5.41) is 14.2. The lowest BCUT2D eigenvalue weighted by atomic mass is 10.2. The molecule has 1 aliphatic rings. The highest BCUT2D eigenvalue weighted by molar-refractivity contribution is 8.18. The average molecular weight is 423 g/mol. The van der Waals surface area contributed by atoms with Crippen LogP contribution in [0.2, 0.25) is 0 Å². The fourth-order valence-electron chi connectivity index (χ4n) is 2.73. The van der Waals surface area contributed by atoms with Gasteiger partial charge in [0.05, 0.1) is 10.5 Å². The molecule has 0 bridgehead atoms. The Morgan fingerprint density at radius 2 is 1.93 bits per heavy atom. The number of aromatic hydroxyl groups is 1. The molecule has 7 nitrogen and oxygen atoms in total. The number of rotatable bonds is 6. The first-order valence-electron chi connectivity index (χ1n) is 9.16. The van der Waals surface area contributed by atoms with Gasteiger partial charge in [-0.2, -0.15) is 0 Å². The summed E-state index contributed by atoms with van der Waals surface area (Å²) in [6.07, 6.45) is 3.38. The molecule has 0 saturated carbocycles. The van der Waals surface area contributed by atoms with E-state index in [-0.39, 0.29) is 23.8 Å². The van der Waals surface area contributed by atoms with E-state index in [2.05, 4.69) is 17.1 Å². The van der Waals surface area contributed by atoms with Crippen LogP contribution in [0.25, 0.3) is 6.08 Å². The second kappa shape index (κ2) is 9.32. The second-order valence-electron chi connectivity index (χ2n) is 6.65. The zero-order valence-corrected chi connectivity index (χ0v) is 17.5. The number of amidine groups is 1. The highest BCUT2D eigenvalue weighted by Gasteiger charge is 2.33. The molecule has 30 heavy (non-hydrogen) atoms. The van der Waals surface area contributed by atoms with E-state index >= 15 is 0 Å². The third-order valence-electron chi connectivity index (χ3n) is 4.31. The summed E-state index contributed by atoms with van der Waals surface area (Å²) in [6, 6.07) is 14.0. The molecule has 2 amide bonds. The number of benzene rings is 2. The number of nitrogens with one attached hydrogen (secondary N) is 1. The van der Waals surface area contributed by atoms with E-state index in [1.807, 2.05) is 43.3 Å². The van der Waals surface area contributed by atoms with Crippen molar-refractivity contribution in [2.45, 2.75) is 0 Å². The van der Waals surface area contributed by atoms with Gasteiger partial charge in [0.25, 0.3) is 11.8 Å². The summed E-state index contributed by atoms with van der Waals surface area (Å²) < 4.78 is 0. The van der Waals surface area contributed by atoms with E-state index in [0.29, 0.717) is 10.1 Å². The van der Waals surface area contributed by atoms with Crippen molar-refractivity contribution in [3.8, 4) is 5.75 Å². The molecule has 0 unspecified atom stereocenters. The van der Waals surface area contributed by atoms with Crippen LogP contribution in [0, 0.1) is 0 Å². The van der Waals surface area contributed by atoms with E-state index in [1.54, 1.807) is 24.3 Å². The Hall–Kier alpha value is -3.52. The molecule has 154 valence electrons. The molecule has 0 atom stereocenters. The Kier molecular flexibility index (Phi) is 6.58. The predicted molar refractivity (Wildman–Crippen MR) is 121 cm³/mol. The summed E-state index contributed by atoms with van der Waals surface area (Å²) in [5.74, 6) is -0.925. The number of phenols is 1. The number of carbonyl (C=O) groups is 2. The maximum Gasteiger partial charge on any atom is 0.275 e. The van der Waals surface area contributed by atoms with E-state index in [4.69, 9.17) is 0 Å². The van der Waals surface area contributed by atoms with Gasteiger partial charge in [0.1, 0.15) is 5.75 Å². The molecule has 0 radical (unpaired) electrons. The number of thioether (sulfide) groups is 1. The van der Waals surface area contributed by atoms with Gasteiger partial charge in [-0.15, -0.1) is 11.7 Å². The minimum absolute atomic E-state index is 0.100. The Bertz CT molecular complexity index is 1030. The predicted octanol–water partition coefficient (Wildman–Crippen LogP) is 3.26. The number of amides is 2. The Labute approximate surface area is 179 Å². The molecular weight excluding hydrogens is 400 g/mol. The van der Waals surface area contributed by atoms with E-state index in [0.717, 1.165) is 11.3 Å². The highest BCUT2D eigenvalue weighted by Crippen LogP contribution is 2.32. The number of para-hydroxylation sites is 1. The monoisotopic (exact) mass is 422 g/mol. The van der Waals surface area contributed by atoms with E-state index in [9.17, 15) is 14.7 Å². The van der Waals surface area contributed by atoms with Crippen molar-refractivity contribution in [2.24, 2.45) is 5.10 Å². The molecule has 1 aliphatic heterocycles. The highest BCUT2D eigenvalue weighted by atomic mass is 32.2. The van der Waals surface area contributed by atoms with Crippen LogP contribution in [0.3, 0.4) is 0 Å². The minimum atomic E-state index is -0.566. The summed E-state index contributed by atoms with van der Waals surface area (Å²) in [4.78, 5) is 29.0. The maximum atomic E-state index is 12.8. The summed E-state index contributed by atoms with van der Waals surface area (Å²) >= 11 is 1.17. The topological polar surface area (TPSA) is 85.2 Å². The normalized spacial score (nSPS) is 16.2. The fourth-order valence-corrected chi connectivity index (χ4v) is 3.67. The number of hydrogen-bond donors (Lipinski definition) is 2. The van der Waals surface area contributed by atoms with Crippen molar-refractivity contribution in [1.82, 2.24) is 10.3 Å². The zero-order valence-electron chi connectivity index (χ0n) is 16.7. The van der Waals surface area contributed by atoms with Crippen LogP contribution >= 0.6 is 11.8 Å². The van der Waals surface area contributed by atoms with Crippen molar-refractivity contribution in [2.75, 3.05) is 25.5 Å². The van der Waals surface area contributed by atoms with Gasteiger partial charge >= 0.3 is 0 Å². The second-order valence-corrected chi connectivity index (χ2v) is 7.66. The molecule has 3 rings (SSSR count). The third-order valence-corrected chi connectivity index (χ3v) is 5.32. The molecule has 2 N–H and O–H groups in total. The van der Waals surface area contributed by atoms with Crippen molar-refractivity contribution in [3.05, 3.63) is 77.2 Å². The summed E-state index contributed by atoms with van der Waals surface area (Å²) in [7, 11) is 3.92. The lowest BCUT2D eigenvalue weighted by Crippen LogP contribution is -2.31. The van der Waals surface area contributed by atoms with Crippen LogP contribution in [0.15, 0.2) is 71.2 Å². The molecule has 2 aromatic carbocycles. The molecule has 1 fully saturated rings. The first kappa shape index (κ1) is 21.2. The average Bonchev–Trinajstić information content (AvgIpc) is 3.02. The Morgan fingerprint density at radius 1 is 1.23 bits per heavy atom. The van der Waals surface area contributed by atoms with Crippen LogP contribution < -0.4 is 10.3 Å². The van der Waals surface area contributed by atoms with Crippen LogP contribution in [-0.2, 0) is 4.79 Å². The number of hydrazone groups is 1. The summed E-state index contributed by atoms with van der Waals surface area (Å²) in [6.45, 7) is 3.94. The van der Waals surface area contributed by atoms with E-state index < -0.39 is 5.91 Å². The van der Waals surface area contributed by atoms with Crippen LogP contribution in [-0.4, -0.2) is 47.6 Å². The van der Waals surface area contributed by atoms with Gasteiger partial charge in [0.2, 0.25) is 0 Å². The van der Waals surface area contributed by atoms with Gasteiger partial charge < -0.3 is 10.0 Å². The SMILES string of the molecule is C=CCN1C(=O)/C(=C/c2ccc(N(C)C)cc2)S/C1=N/NC(=O)c1ccccc1O. The van der Waals surface area contributed by atoms with Gasteiger partial charge in [0.15, 0.2) is 5.17 Å². The molecule has 0 spiro atoms. The number of carbonyl (C=O) groups excluding carboxylic acids is 2. The van der Waals surface area contributed by atoms with Crippen LogP contribution in [0.4, 0.5) is 5.69 Å². The summed E-state index contributed by atoms with van der Waals surface area (Å²) in [5.41, 5.74) is 4.45. The van der Waals surface area contributed by atoms with Crippen LogP contribution in [0.5, 0.6) is 5.75 Å². The Balaban J connectivity index is 1.81. The van der Waals surface area contributed by atoms with Gasteiger partial charge in [-0.1, -0.05) is 30.3 Å². The van der Waals surface area contributed by atoms with Crippen molar-refractivity contribution in [3.63, 3.8) is 0 Å². The molecular formula is C22H22N4O3S. The largest absolute Gasteiger partial charge is 0.507 e. The lowest BCUT2D eigenvalue weighted by molar-refractivity contribution is -0.121. The van der Waals surface area contributed by atoms with E-state index in [1.165, 1.54) is 28.8 Å². The maximum absolute atomic E-state index is 12.8. The third kappa shape index (κ3) is 4.72. The van der Waals surface area contributed by atoms with Crippen molar-refractivity contribution >= 4 is 40.5 Å². The standard InChI is InChI=1S/C22H22N4O3S/c1-4-13-26-21(29)19(14-15-9-11-16(12-10-15)25(2)3)30-22(26)24-23-20(28)17-7-5-6-8-18(17)27/h4-12,14,27H,1,13H2,2-3H3,(H,23,28)/b19-14-,24-22+. The number of nitrogens with zero attached hydrogens (tertiary/aromatic N) is 3. The number of phenolic OH excluding ortho intramolecular Hbond substituents is 1. The minimum Gasteiger partial charge on any atom is -0.507 e. The van der Waals surface area contributed by atoms with Crippen LogP contribution in [0.1, 0.15) is 15.9 Å². The molecule has 0 aliphatic carbocycles. The quantitative estimate of drug-likeness (QED) is 0.424. The first-order chi connectivity index (χ1) is 14.4. The Morgan fingerprint density at radius 3 is 2.57 bits per heavy atom. The lowest BCUT2D eigenvalue weighted by Gasteiger charge is -2.12. The number of anilines is 1. The molecule has 2 aromatic rings.